The molecule has 1 aromatic carbocycles. The van der Waals surface area contributed by atoms with Gasteiger partial charge in [0.05, 0.1) is 7.11 Å². The summed E-state index contributed by atoms with van der Waals surface area (Å²) in [6.07, 6.45) is 0.119. The Morgan fingerprint density at radius 3 is 2.79 bits per heavy atom. The van der Waals surface area contributed by atoms with Crippen LogP contribution in [-0.4, -0.2) is 29.9 Å². The van der Waals surface area contributed by atoms with Gasteiger partial charge in [-0.3, -0.25) is 9.69 Å². The number of hydrogen-bond acceptors (Lipinski definition) is 4. The van der Waals surface area contributed by atoms with E-state index in [0.29, 0.717) is 6.42 Å². The molecule has 5 heteroatoms. The van der Waals surface area contributed by atoms with Crippen molar-refractivity contribution in [2.45, 2.75) is 32.5 Å². The van der Waals surface area contributed by atoms with Crippen molar-refractivity contribution in [2.75, 3.05) is 7.11 Å². The van der Waals surface area contributed by atoms with Gasteiger partial charge in [0.2, 0.25) is 6.23 Å². The minimum absolute atomic E-state index is 0.0520. The zero-order valence-corrected chi connectivity index (χ0v) is 11.1. The van der Waals surface area contributed by atoms with Crippen LogP contribution in [0, 0.1) is 6.92 Å². The molecule has 2 atom stereocenters. The molecule has 0 spiro atoms. The van der Waals surface area contributed by atoms with E-state index in [-0.39, 0.29) is 6.04 Å². The zero-order valence-electron chi connectivity index (χ0n) is 11.1. The molecule has 1 amide bonds. The van der Waals surface area contributed by atoms with E-state index in [0.717, 1.165) is 22.4 Å². The molecular weight excluding hydrogens is 246 g/mol. The van der Waals surface area contributed by atoms with Crippen molar-refractivity contribution < 1.29 is 19.1 Å². The van der Waals surface area contributed by atoms with Crippen molar-refractivity contribution in [3.05, 3.63) is 28.8 Å². The first kappa shape index (κ1) is 12.0. The maximum absolute atomic E-state index is 11.8. The lowest BCUT2D eigenvalue weighted by molar-refractivity contribution is -0.149. The van der Waals surface area contributed by atoms with E-state index in [1.54, 1.807) is 7.11 Å². The number of carbonyl (C=O) groups excluding carboxylic acids is 2. The third-order valence-corrected chi connectivity index (χ3v) is 3.79. The molecule has 5 nitrogen and oxygen atoms in total. The predicted molar refractivity (Wildman–Crippen MR) is 66.6 cm³/mol. The number of hydrogen-bond donors (Lipinski definition) is 0. The number of ether oxygens (including phenoxy) is 2. The number of benzene rings is 1. The lowest BCUT2D eigenvalue weighted by Crippen LogP contribution is -2.42. The summed E-state index contributed by atoms with van der Waals surface area (Å²) in [5.74, 6) is -0.496. The Labute approximate surface area is 111 Å². The van der Waals surface area contributed by atoms with Crippen LogP contribution < -0.4 is 4.74 Å². The number of carbonyl (C=O) groups is 2. The fourth-order valence-corrected chi connectivity index (χ4v) is 2.86. The van der Waals surface area contributed by atoms with Crippen LogP contribution in [0.5, 0.6) is 5.75 Å². The van der Waals surface area contributed by atoms with Gasteiger partial charge in [0.15, 0.2) is 0 Å². The van der Waals surface area contributed by atoms with Crippen LogP contribution in [0.4, 0.5) is 0 Å². The summed E-state index contributed by atoms with van der Waals surface area (Å²) in [6, 6.07) is 3.85. The summed E-state index contributed by atoms with van der Waals surface area (Å²) in [5.41, 5.74) is 2.92. The van der Waals surface area contributed by atoms with Crippen molar-refractivity contribution in [3.8, 4) is 5.75 Å². The van der Waals surface area contributed by atoms with Gasteiger partial charge in [0, 0.05) is 11.6 Å². The highest BCUT2D eigenvalue weighted by Crippen LogP contribution is 2.40. The number of rotatable bonds is 1. The lowest BCUT2D eigenvalue weighted by Gasteiger charge is -2.35. The van der Waals surface area contributed by atoms with Gasteiger partial charge in [-0.1, -0.05) is 0 Å². The van der Waals surface area contributed by atoms with Crippen LogP contribution in [0.3, 0.4) is 0 Å². The highest BCUT2D eigenvalue weighted by atomic mass is 16.6. The van der Waals surface area contributed by atoms with E-state index in [1.807, 2.05) is 26.0 Å². The van der Waals surface area contributed by atoms with Gasteiger partial charge in [-0.2, -0.15) is 0 Å². The molecule has 1 saturated heterocycles. The molecule has 0 bridgehead atoms. The van der Waals surface area contributed by atoms with E-state index in [4.69, 9.17) is 9.47 Å². The van der Waals surface area contributed by atoms with Gasteiger partial charge in [-0.05, 0) is 43.5 Å². The first-order valence-corrected chi connectivity index (χ1v) is 6.23. The number of esters is 1. The fourth-order valence-electron chi connectivity index (χ4n) is 2.86. The molecule has 0 unspecified atom stereocenters. The maximum atomic E-state index is 11.8. The molecule has 0 saturated carbocycles. The van der Waals surface area contributed by atoms with Crippen LogP contribution in [0.2, 0.25) is 0 Å². The highest BCUT2D eigenvalue weighted by molar-refractivity contribution is 6.34. The second-order valence-corrected chi connectivity index (χ2v) is 5.04. The van der Waals surface area contributed by atoms with Crippen molar-refractivity contribution in [1.82, 2.24) is 4.90 Å². The molecule has 1 fully saturated rings. The lowest BCUT2D eigenvalue weighted by atomic mass is 9.92. The smallest absolute Gasteiger partial charge is 0.399 e. The molecule has 3 rings (SSSR count). The minimum Gasteiger partial charge on any atom is -0.496 e. The van der Waals surface area contributed by atoms with Gasteiger partial charge < -0.3 is 9.47 Å². The minimum atomic E-state index is -0.766. The number of fused-ring (bicyclic) bond motifs is 3. The summed E-state index contributed by atoms with van der Waals surface area (Å²) < 4.78 is 10.5. The van der Waals surface area contributed by atoms with Crippen molar-refractivity contribution in [1.29, 1.82) is 0 Å². The van der Waals surface area contributed by atoms with E-state index in [1.165, 1.54) is 4.90 Å². The quantitative estimate of drug-likeness (QED) is 0.565. The van der Waals surface area contributed by atoms with Gasteiger partial charge in [0.25, 0.3) is 0 Å². The standard InChI is InChI=1S/C14H15NO4/c1-7-4-10-9(6-11(7)18-3)5-8(2)15-12(16)14(17)19-13(10)15/h4,6,8,13H,5H2,1-3H3/t8-,13-/m1/s1. The summed E-state index contributed by atoms with van der Waals surface area (Å²) in [4.78, 5) is 24.8. The molecule has 100 valence electrons. The van der Waals surface area contributed by atoms with Gasteiger partial charge in [-0.15, -0.1) is 0 Å². The van der Waals surface area contributed by atoms with Crippen LogP contribution in [0.15, 0.2) is 12.1 Å². The maximum Gasteiger partial charge on any atom is 0.399 e. The molecular formula is C14H15NO4. The molecule has 1 aromatic rings. The summed E-state index contributed by atoms with van der Waals surface area (Å²) in [6.45, 7) is 3.85. The summed E-state index contributed by atoms with van der Waals surface area (Å²) in [5, 5.41) is 0. The average Bonchev–Trinajstić information content (AvgIpc) is 2.67. The van der Waals surface area contributed by atoms with Crippen molar-refractivity contribution in [3.63, 3.8) is 0 Å². The number of methoxy groups -OCH3 is 1. The van der Waals surface area contributed by atoms with E-state index in [9.17, 15) is 9.59 Å². The number of aryl methyl sites for hydroxylation is 1. The third kappa shape index (κ3) is 1.61. The SMILES string of the molecule is COc1cc2c(cc1C)[C@H]1OC(=O)C(=O)N1[C@H](C)C2. The van der Waals surface area contributed by atoms with Crippen molar-refractivity contribution in [2.24, 2.45) is 0 Å². The van der Waals surface area contributed by atoms with Gasteiger partial charge >= 0.3 is 11.9 Å². The monoisotopic (exact) mass is 261 g/mol. The van der Waals surface area contributed by atoms with Crippen LogP contribution in [0.1, 0.15) is 29.8 Å². The first-order valence-electron chi connectivity index (χ1n) is 6.23. The Morgan fingerprint density at radius 1 is 1.37 bits per heavy atom. The molecule has 0 radical (unpaired) electrons. The Kier molecular flexibility index (Phi) is 2.52. The van der Waals surface area contributed by atoms with E-state index in [2.05, 4.69) is 0 Å². The Balaban J connectivity index is 2.12. The molecule has 2 aliphatic rings. The second-order valence-electron chi connectivity index (χ2n) is 5.04. The molecule has 2 aliphatic heterocycles. The van der Waals surface area contributed by atoms with Gasteiger partial charge in [0.1, 0.15) is 5.75 Å². The van der Waals surface area contributed by atoms with E-state index >= 15 is 0 Å². The second kappa shape index (κ2) is 3.98. The molecule has 0 aliphatic carbocycles. The normalized spacial score (nSPS) is 24.9. The zero-order chi connectivity index (χ0) is 13.7. The van der Waals surface area contributed by atoms with E-state index < -0.39 is 18.1 Å². The molecule has 2 heterocycles. The van der Waals surface area contributed by atoms with Crippen molar-refractivity contribution >= 4 is 11.9 Å². The fraction of sp³-hybridized carbons (Fsp3) is 0.429. The first-order chi connectivity index (χ1) is 9.02. The average molecular weight is 261 g/mol. The Hall–Kier alpha value is -2.04. The Bertz CT molecular complexity index is 581. The summed E-state index contributed by atoms with van der Waals surface area (Å²) >= 11 is 0. The largest absolute Gasteiger partial charge is 0.496 e. The molecule has 19 heavy (non-hydrogen) atoms. The molecule has 0 N–H and O–H groups in total. The topological polar surface area (TPSA) is 55.8 Å². The number of nitrogens with zero attached hydrogens (tertiary/aromatic N) is 1. The Morgan fingerprint density at radius 2 is 2.11 bits per heavy atom. The van der Waals surface area contributed by atoms with Crippen LogP contribution >= 0.6 is 0 Å². The van der Waals surface area contributed by atoms with Crippen LogP contribution in [0.25, 0.3) is 0 Å². The molecule has 0 aromatic heterocycles. The van der Waals surface area contributed by atoms with Crippen LogP contribution in [-0.2, 0) is 20.7 Å². The number of amides is 1. The predicted octanol–water partition coefficient (Wildman–Crippen LogP) is 1.33. The highest BCUT2D eigenvalue weighted by Gasteiger charge is 2.47. The third-order valence-electron chi connectivity index (χ3n) is 3.79. The summed E-state index contributed by atoms with van der Waals surface area (Å²) in [7, 11) is 1.63. The van der Waals surface area contributed by atoms with Gasteiger partial charge in [-0.25, -0.2) is 4.79 Å².